The number of hydrogen-bond donors (Lipinski definition) is 2. The summed E-state index contributed by atoms with van der Waals surface area (Å²) < 4.78 is 11.3. The highest BCUT2D eigenvalue weighted by molar-refractivity contribution is 5.56. The summed E-state index contributed by atoms with van der Waals surface area (Å²) in [5.41, 5.74) is 3.14. The van der Waals surface area contributed by atoms with E-state index in [1.54, 1.807) is 0 Å². The van der Waals surface area contributed by atoms with Gasteiger partial charge in [-0.15, -0.1) is 0 Å². The molecule has 0 saturated carbocycles. The van der Waals surface area contributed by atoms with Crippen LogP contribution in [0.5, 0.6) is 5.75 Å². The van der Waals surface area contributed by atoms with E-state index in [4.69, 9.17) is 9.15 Å². The number of aromatic nitrogens is 2. The molecule has 0 unspecified atom stereocenters. The summed E-state index contributed by atoms with van der Waals surface area (Å²) in [6.45, 7) is 6.03. The van der Waals surface area contributed by atoms with Crippen LogP contribution in [0, 0.1) is 6.92 Å². The SMILES string of the molecule is CCOc1ccccc1CNCc1cn[nH]c1-c1ccc(C)o1. The summed E-state index contributed by atoms with van der Waals surface area (Å²) in [6, 6.07) is 12.0. The Bertz CT molecular complexity index is 761. The minimum absolute atomic E-state index is 0.667. The molecule has 0 amide bonds. The molecule has 5 nitrogen and oxygen atoms in total. The molecule has 1 aromatic carbocycles. The first-order valence-electron chi connectivity index (χ1n) is 7.78. The Kier molecular flexibility index (Phi) is 4.78. The minimum Gasteiger partial charge on any atom is -0.494 e. The second-order valence-corrected chi connectivity index (χ2v) is 5.32. The van der Waals surface area contributed by atoms with Crippen molar-refractivity contribution < 1.29 is 9.15 Å². The number of nitrogens with zero attached hydrogens (tertiary/aromatic N) is 1. The first-order chi connectivity index (χ1) is 11.3. The van der Waals surface area contributed by atoms with E-state index in [9.17, 15) is 0 Å². The third kappa shape index (κ3) is 3.63. The first kappa shape index (κ1) is 15.4. The number of rotatable bonds is 7. The van der Waals surface area contributed by atoms with Crippen molar-refractivity contribution in [2.45, 2.75) is 26.9 Å². The van der Waals surface area contributed by atoms with E-state index in [0.29, 0.717) is 13.2 Å². The van der Waals surface area contributed by atoms with Crippen molar-refractivity contribution in [3.8, 4) is 17.2 Å². The normalized spacial score (nSPS) is 10.9. The van der Waals surface area contributed by atoms with Crippen molar-refractivity contribution in [3.63, 3.8) is 0 Å². The van der Waals surface area contributed by atoms with Gasteiger partial charge in [-0.1, -0.05) is 18.2 Å². The third-order valence-electron chi connectivity index (χ3n) is 3.61. The molecule has 3 rings (SSSR count). The lowest BCUT2D eigenvalue weighted by molar-refractivity contribution is 0.335. The number of hydrogen-bond acceptors (Lipinski definition) is 4. The molecule has 120 valence electrons. The largest absolute Gasteiger partial charge is 0.494 e. The van der Waals surface area contributed by atoms with Crippen LogP contribution >= 0.6 is 0 Å². The van der Waals surface area contributed by atoms with Gasteiger partial charge in [-0.2, -0.15) is 5.10 Å². The second-order valence-electron chi connectivity index (χ2n) is 5.32. The fraction of sp³-hybridized carbons (Fsp3) is 0.278. The monoisotopic (exact) mass is 311 g/mol. The van der Waals surface area contributed by atoms with Crippen molar-refractivity contribution in [1.82, 2.24) is 15.5 Å². The van der Waals surface area contributed by atoms with E-state index in [2.05, 4.69) is 21.6 Å². The predicted molar refractivity (Wildman–Crippen MR) is 89.2 cm³/mol. The van der Waals surface area contributed by atoms with Crippen molar-refractivity contribution in [1.29, 1.82) is 0 Å². The van der Waals surface area contributed by atoms with Crippen LogP contribution < -0.4 is 10.1 Å². The van der Waals surface area contributed by atoms with Crippen LogP contribution in [0.15, 0.2) is 47.0 Å². The first-order valence-corrected chi connectivity index (χ1v) is 7.78. The molecular weight excluding hydrogens is 290 g/mol. The van der Waals surface area contributed by atoms with Gasteiger partial charge < -0.3 is 14.5 Å². The van der Waals surface area contributed by atoms with Gasteiger partial charge in [0.2, 0.25) is 0 Å². The topological polar surface area (TPSA) is 63.1 Å². The van der Waals surface area contributed by atoms with Gasteiger partial charge in [-0.05, 0) is 32.0 Å². The number of aromatic amines is 1. The Balaban J connectivity index is 1.65. The maximum atomic E-state index is 5.67. The van der Waals surface area contributed by atoms with E-state index < -0.39 is 0 Å². The number of furan rings is 1. The molecule has 2 aromatic heterocycles. The molecule has 2 heterocycles. The standard InChI is InChI=1S/C18H21N3O2/c1-3-22-16-7-5-4-6-14(16)10-19-11-15-12-20-21-18(15)17-9-8-13(2)23-17/h4-9,12,19H,3,10-11H2,1-2H3,(H,20,21). The van der Waals surface area contributed by atoms with Crippen LogP contribution in [0.25, 0.3) is 11.5 Å². The number of para-hydroxylation sites is 1. The highest BCUT2D eigenvalue weighted by Gasteiger charge is 2.11. The molecule has 0 aliphatic heterocycles. The molecule has 0 spiro atoms. The highest BCUT2D eigenvalue weighted by atomic mass is 16.5. The van der Waals surface area contributed by atoms with Gasteiger partial charge in [-0.3, -0.25) is 5.10 Å². The van der Waals surface area contributed by atoms with Gasteiger partial charge in [0.15, 0.2) is 5.76 Å². The second kappa shape index (κ2) is 7.15. The number of nitrogens with one attached hydrogen (secondary N) is 2. The lowest BCUT2D eigenvalue weighted by atomic mass is 10.2. The zero-order valence-electron chi connectivity index (χ0n) is 13.4. The van der Waals surface area contributed by atoms with Crippen LogP contribution in [0.4, 0.5) is 0 Å². The van der Waals surface area contributed by atoms with Crippen molar-refractivity contribution >= 4 is 0 Å². The summed E-state index contributed by atoms with van der Waals surface area (Å²) >= 11 is 0. The van der Waals surface area contributed by atoms with Gasteiger partial charge in [0.1, 0.15) is 17.2 Å². The van der Waals surface area contributed by atoms with Crippen LogP contribution in [0.2, 0.25) is 0 Å². The number of H-pyrrole nitrogens is 1. The lowest BCUT2D eigenvalue weighted by Gasteiger charge is -2.10. The van der Waals surface area contributed by atoms with Gasteiger partial charge >= 0.3 is 0 Å². The molecule has 0 aliphatic carbocycles. The summed E-state index contributed by atoms with van der Waals surface area (Å²) in [5, 5.41) is 10.6. The predicted octanol–water partition coefficient (Wildman–Crippen LogP) is 3.67. The Labute approximate surface area is 135 Å². The average molecular weight is 311 g/mol. The molecule has 5 heteroatoms. The maximum Gasteiger partial charge on any atom is 0.152 e. The molecule has 0 fully saturated rings. The molecule has 23 heavy (non-hydrogen) atoms. The summed E-state index contributed by atoms with van der Waals surface area (Å²) in [6.07, 6.45) is 1.83. The Hall–Kier alpha value is -2.53. The fourth-order valence-corrected chi connectivity index (χ4v) is 2.51. The van der Waals surface area contributed by atoms with Gasteiger partial charge in [0.05, 0.1) is 12.8 Å². The van der Waals surface area contributed by atoms with Gasteiger partial charge in [0, 0.05) is 24.2 Å². The summed E-state index contributed by atoms with van der Waals surface area (Å²) in [7, 11) is 0. The number of benzene rings is 1. The van der Waals surface area contributed by atoms with E-state index in [1.807, 2.05) is 50.4 Å². The Morgan fingerprint density at radius 2 is 1.96 bits per heavy atom. The smallest absolute Gasteiger partial charge is 0.152 e. The average Bonchev–Trinajstić information content (AvgIpc) is 3.18. The molecular formula is C18H21N3O2. The van der Waals surface area contributed by atoms with Crippen molar-refractivity contribution in [3.05, 3.63) is 59.5 Å². The van der Waals surface area contributed by atoms with E-state index >= 15 is 0 Å². The van der Waals surface area contributed by atoms with E-state index in [0.717, 1.165) is 40.6 Å². The van der Waals surface area contributed by atoms with Gasteiger partial charge in [-0.25, -0.2) is 0 Å². The zero-order valence-corrected chi connectivity index (χ0v) is 13.4. The molecule has 0 aliphatic rings. The maximum absolute atomic E-state index is 5.67. The molecule has 0 saturated heterocycles. The lowest BCUT2D eigenvalue weighted by Crippen LogP contribution is -2.13. The molecule has 0 atom stereocenters. The number of aryl methyl sites for hydroxylation is 1. The van der Waals surface area contributed by atoms with Crippen LogP contribution in [0.1, 0.15) is 23.8 Å². The zero-order chi connectivity index (χ0) is 16.1. The van der Waals surface area contributed by atoms with Gasteiger partial charge in [0.25, 0.3) is 0 Å². The molecule has 2 N–H and O–H groups in total. The van der Waals surface area contributed by atoms with Crippen LogP contribution in [-0.4, -0.2) is 16.8 Å². The molecule has 3 aromatic rings. The van der Waals surface area contributed by atoms with Crippen molar-refractivity contribution in [2.24, 2.45) is 0 Å². The summed E-state index contributed by atoms with van der Waals surface area (Å²) in [5.74, 6) is 2.63. The minimum atomic E-state index is 0.667. The highest BCUT2D eigenvalue weighted by Crippen LogP contribution is 2.23. The van der Waals surface area contributed by atoms with E-state index in [1.165, 1.54) is 0 Å². The van der Waals surface area contributed by atoms with Crippen LogP contribution in [-0.2, 0) is 13.1 Å². The Morgan fingerprint density at radius 1 is 1.13 bits per heavy atom. The summed E-state index contributed by atoms with van der Waals surface area (Å²) in [4.78, 5) is 0. The quantitative estimate of drug-likeness (QED) is 0.699. The fourth-order valence-electron chi connectivity index (χ4n) is 2.51. The third-order valence-corrected chi connectivity index (χ3v) is 3.61. The van der Waals surface area contributed by atoms with Crippen molar-refractivity contribution in [2.75, 3.05) is 6.61 Å². The molecule has 0 radical (unpaired) electrons. The molecule has 0 bridgehead atoms. The Morgan fingerprint density at radius 3 is 2.74 bits per heavy atom. The van der Waals surface area contributed by atoms with E-state index in [-0.39, 0.29) is 0 Å². The number of ether oxygens (including phenoxy) is 1. The van der Waals surface area contributed by atoms with Crippen LogP contribution in [0.3, 0.4) is 0 Å².